The van der Waals surface area contributed by atoms with Crippen LogP contribution < -0.4 is 16.8 Å². The molecule has 0 radical (unpaired) electrons. The summed E-state index contributed by atoms with van der Waals surface area (Å²) >= 11 is 0. The molecule has 0 amide bonds. The lowest BCUT2D eigenvalue weighted by molar-refractivity contribution is 0.0947. The van der Waals surface area contributed by atoms with Crippen LogP contribution in [-0.4, -0.2) is 39.8 Å². The molecule has 4 rings (SSSR count). The van der Waals surface area contributed by atoms with E-state index in [1.54, 1.807) is 37.3 Å². The number of nitrogens with two attached hydrogens (primary N) is 2. The van der Waals surface area contributed by atoms with E-state index >= 15 is 0 Å². The first-order valence-electron chi connectivity index (χ1n) is 10.3. The van der Waals surface area contributed by atoms with Crippen LogP contribution >= 0.6 is 0 Å². The maximum atomic E-state index is 12.8. The molecule has 0 fully saturated rings. The van der Waals surface area contributed by atoms with Gasteiger partial charge < -0.3 is 21.3 Å². The Morgan fingerprint density at radius 3 is 2.58 bits per heavy atom. The molecular formula is C23H25N5O3. The summed E-state index contributed by atoms with van der Waals surface area (Å²) < 4.78 is 5.43. The van der Waals surface area contributed by atoms with Gasteiger partial charge in [-0.1, -0.05) is 36.3 Å². The average Bonchev–Trinajstić information content (AvgIpc) is 3.28. The summed E-state index contributed by atoms with van der Waals surface area (Å²) in [5.41, 5.74) is 14.4. The molecule has 2 aromatic carbocycles. The standard InChI is InChI=1S/C23H25N5O3/c1-3-23(12-24)11-19(29)17-10-16(8-9-18(17)27-23)22-26-21(28-31-22)15-6-4-14(5-7-15)20(30)13(2)25/h4-10,13,27H,3,11-12,24-25H2,1-2H3. The van der Waals surface area contributed by atoms with Gasteiger partial charge in [-0.15, -0.1) is 0 Å². The number of carbonyl (C=O) groups is 2. The molecule has 160 valence electrons. The second-order valence-electron chi connectivity index (χ2n) is 7.98. The van der Waals surface area contributed by atoms with E-state index in [0.717, 1.165) is 12.1 Å². The SMILES string of the molecule is CCC1(CN)CC(=O)c2cc(-c3nc(-c4ccc(C(=O)C(C)N)cc4)no3)ccc2N1. The van der Waals surface area contributed by atoms with Crippen LogP contribution in [0.2, 0.25) is 0 Å². The number of hydrogen-bond donors (Lipinski definition) is 3. The number of benzene rings is 2. The van der Waals surface area contributed by atoms with Crippen molar-refractivity contribution in [3.63, 3.8) is 0 Å². The van der Waals surface area contributed by atoms with Crippen molar-refractivity contribution < 1.29 is 14.1 Å². The summed E-state index contributed by atoms with van der Waals surface area (Å²) in [5, 5.41) is 7.46. The maximum absolute atomic E-state index is 12.8. The molecule has 1 aliphatic heterocycles. The van der Waals surface area contributed by atoms with Crippen molar-refractivity contribution in [1.82, 2.24) is 10.1 Å². The van der Waals surface area contributed by atoms with E-state index in [9.17, 15) is 9.59 Å². The zero-order valence-electron chi connectivity index (χ0n) is 17.5. The lowest BCUT2D eigenvalue weighted by atomic mass is 9.83. The Bertz CT molecular complexity index is 1130. The number of carbonyl (C=O) groups excluding carboxylic acids is 2. The highest BCUT2D eigenvalue weighted by Crippen LogP contribution is 2.35. The van der Waals surface area contributed by atoms with Gasteiger partial charge in [0.15, 0.2) is 11.6 Å². The predicted molar refractivity (Wildman–Crippen MR) is 118 cm³/mol. The van der Waals surface area contributed by atoms with Crippen LogP contribution in [0, 0.1) is 0 Å². The Morgan fingerprint density at radius 1 is 1.23 bits per heavy atom. The Labute approximate surface area is 180 Å². The van der Waals surface area contributed by atoms with Gasteiger partial charge in [0.1, 0.15) is 0 Å². The lowest BCUT2D eigenvalue weighted by Crippen LogP contribution is -2.49. The molecule has 0 saturated carbocycles. The highest BCUT2D eigenvalue weighted by Gasteiger charge is 2.36. The second-order valence-corrected chi connectivity index (χ2v) is 7.98. The zero-order valence-corrected chi connectivity index (χ0v) is 17.5. The van der Waals surface area contributed by atoms with Gasteiger partial charge in [0.05, 0.1) is 11.6 Å². The first-order valence-corrected chi connectivity index (χ1v) is 10.3. The summed E-state index contributed by atoms with van der Waals surface area (Å²) in [4.78, 5) is 29.2. The second kappa shape index (κ2) is 8.05. The molecule has 0 saturated heterocycles. The molecule has 1 aliphatic rings. The van der Waals surface area contributed by atoms with Gasteiger partial charge in [0.25, 0.3) is 5.89 Å². The number of ketones is 2. The number of Topliss-reactive ketones (excluding diaryl/α,β-unsaturated/α-hetero) is 2. The lowest BCUT2D eigenvalue weighted by Gasteiger charge is -2.37. The van der Waals surface area contributed by atoms with Gasteiger partial charge in [0, 0.05) is 40.9 Å². The van der Waals surface area contributed by atoms with Crippen LogP contribution in [-0.2, 0) is 0 Å². The molecule has 8 heteroatoms. The molecule has 5 N–H and O–H groups in total. The summed E-state index contributed by atoms with van der Waals surface area (Å²) in [6.07, 6.45) is 1.11. The summed E-state index contributed by atoms with van der Waals surface area (Å²) in [6.45, 7) is 4.06. The maximum Gasteiger partial charge on any atom is 0.258 e. The van der Waals surface area contributed by atoms with Crippen molar-refractivity contribution in [3.05, 3.63) is 53.6 Å². The van der Waals surface area contributed by atoms with Crippen LogP contribution in [0.4, 0.5) is 5.69 Å². The van der Waals surface area contributed by atoms with Gasteiger partial charge >= 0.3 is 0 Å². The van der Waals surface area contributed by atoms with Gasteiger partial charge in [-0.3, -0.25) is 9.59 Å². The number of rotatable bonds is 6. The van der Waals surface area contributed by atoms with Crippen LogP contribution in [0.15, 0.2) is 47.0 Å². The van der Waals surface area contributed by atoms with Crippen molar-refractivity contribution in [3.8, 4) is 22.8 Å². The molecule has 31 heavy (non-hydrogen) atoms. The van der Waals surface area contributed by atoms with E-state index in [0.29, 0.717) is 46.9 Å². The molecule has 8 nitrogen and oxygen atoms in total. The van der Waals surface area contributed by atoms with Crippen LogP contribution in [0.5, 0.6) is 0 Å². The van der Waals surface area contributed by atoms with Gasteiger partial charge in [-0.2, -0.15) is 4.98 Å². The topological polar surface area (TPSA) is 137 Å². The first kappa shape index (κ1) is 20.9. The molecular weight excluding hydrogens is 394 g/mol. The molecule has 2 heterocycles. The van der Waals surface area contributed by atoms with Gasteiger partial charge in [0.2, 0.25) is 5.82 Å². The number of fused-ring (bicyclic) bond motifs is 1. The fraction of sp³-hybridized carbons (Fsp3) is 0.304. The van der Waals surface area contributed by atoms with E-state index < -0.39 is 11.6 Å². The van der Waals surface area contributed by atoms with Crippen LogP contribution in [0.3, 0.4) is 0 Å². The minimum atomic E-state index is -0.559. The normalized spacial score (nSPS) is 18.9. The summed E-state index contributed by atoms with van der Waals surface area (Å²) in [5.74, 6) is 0.615. The van der Waals surface area contributed by atoms with Crippen molar-refractivity contribution in [2.45, 2.75) is 38.3 Å². The summed E-state index contributed by atoms with van der Waals surface area (Å²) in [6, 6.07) is 11.8. The highest BCUT2D eigenvalue weighted by molar-refractivity contribution is 6.05. The van der Waals surface area contributed by atoms with Crippen LogP contribution in [0.1, 0.15) is 47.4 Å². The Morgan fingerprint density at radius 2 is 1.94 bits per heavy atom. The molecule has 1 aromatic heterocycles. The molecule has 0 bridgehead atoms. The fourth-order valence-electron chi connectivity index (χ4n) is 3.73. The quantitative estimate of drug-likeness (QED) is 0.519. The van der Waals surface area contributed by atoms with E-state index in [1.165, 1.54) is 0 Å². The minimum absolute atomic E-state index is 0.0389. The fourth-order valence-corrected chi connectivity index (χ4v) is 3.73. The van der Waals surface area contributed by atoms with E-state index in [4.69, 9.17) is 16.0 Å². The van der Waals surface area contributed by atoms with E-state index in [-0.39, 0.29) is 11.6 Å². The summed E-state index contributed by atoms with van der Waals surface area (Å²) in [7, 11) is 0. The van der Waals surface area contributed by atoms with Gasteiger partial charge in [-0.25, -0.2) is 0 Å². The van der Waals surface area contributed by atoms with Crippen LogP contribution in [0.25, 0.3) is 22.8 Å². The Hall–Kier alpha value is -3.36. The minimum Gasteiger partial charge on any atom is -0.377 e. The largest absolute Gasteiger partial charge is 0.377 e. The van der Waals surface area contributed by atoms with E-state index in [1.807, 2.05) is 19.1 Å². The number of aromatic nitrogens is 2. The molecule has 0 aliphatic carbocycles. The third-order valence-corrected chi connectivity index (χ3v) is 5.80. The Kier molecular flexibility index (Phi) is 5.43. The number of anilines is 1. The third-order valence-electron chi connectivity index (χ3n) is 5.80. The predicted octanol–water partition coefficient (Wildman–Crippen LogP) is 3.04. The number of hydrogen-bond acceptors (Lipinski definition) is 8. The average molecular weight is 419 g/mol. The molecule has 2 unspecified atom stereocenters. The molecule has 3 aromatic rings. The van der Waals surface area contributed by atoms with Gasteiger partial charge in [-0.05, 0) is 31.5 Å². The molecule has 0 spiro atoms. The van der Waals surface area contributed by atoms with Crippen molar-refractivity contribution in [1.29, 1.82) is 0 Å². The van der Waals surface area contributed by atoms with Crippen molar-refractivity contribution >= 4 is 17.3 Å². The monoisotopic (exact) mass is 419 g/mol. The first-order chi connectivity index (χ1) is 14.9. The van der Waals surface area contributed by atoms with E-state index in [2.05, 4.69) is 15.5 Å². The number of nitrogens with one attached hydrogen (secondary N) is 1. The third kappa shape index (κ3) is 3.87. The smallest absolute Gasteiger partial charge is 0.258 e. The zero-order chi connectivity index (χ0) is 22.2. The highest BCUT2D eigenvalue weighted by atomic mass is 16.5. The Balaban J connectivity index is 1.60. The van der Waals surface area contributed by atoms with Crippen molar-refractivity contribution in [2.75, 3.05) is 11.9 Å². The van der Waals surface area contributed by atoms with Crippen molar-refractivity contribution in [2.24, 2.45) is 11.5 Å². The molecule has 2 atom stereocenters. The number of nitrogens with zero attached hydrogens (tertiary/aromatic N) is 2.